The van der Waals surface area contributed by atoms with Gasteiger partial charge in [0.25, 0.3) is 0 Å². The number of ether oxygens (including phenoxy) is 1. The van der Waals surface area contributed by atoms with Crippen molar-refractivity contribution in [1.82, 2.24) is 5.43 Å². The lowest BCUT2D eigenvalue weighted by molar-refractivity contribution is 0.0592. The number of hydrogen-bond donors (Lipinski definition) is 2. The maximum atomic E-state index is 12.0. The Labute approximate surface area is 123 Å². The number of esters is 1. The molecule has 0 aliphatic carbocycles. The summed E-state index contributed by atoms with van der Waals surface area (Å²) in [6.07, 6.45) is 0.608. The minimum Gasteiger partial charge on any atom is -0.425 e. The van der Waals surface area contributed by atoms with E-state index in [-0.39, 0.29) is 5.97 Å². The molecule has 2 N–H and O–H groups in total. The molecule has 0 atom stereocenters. The van der Waals surface area contributed by atoms with Crippen LogP contribution in [0.1, 0.15) is 22.8 Å². The van der Waals surface area contributed by atoms with Gasteiger partial charge in [-0.15, -0.1) is 0 Å². The molecule has 0 amide bonds. The fourth-order valence-electron chi connectivity index (χ4n) is 2.22. The average Bonchev–Trinajstić information content (AvgIpc) is 2.53. The maximum absolute atomic E-state index is 12.0. The standard InChI is InChI=1S/C17H16N2O2/c1-12(18-19-14-8-3-2-4-9-14)16-11-13-7-5-6-10-15(13)17(20)21-16/h2-10,18-19H,11H2,1H3/b16-12-. The summed E-state index contributed by atoms with van der Waals surface area (Å²) >= 11 is 0. The second-order valence-electron chi connectivity index (χ2n) is 4.89. The van der Waals surface area contributed by atoms with Gasteiger partial charge < -0.3 is 15.6 Å². The predicted octanol–water partition coefficient (Wildman–Crippen LogP) is 3.25. The molecule has 4 heteroatoms. The van der Waals surface area contributed by atoms with Gasteiger partial charge in [0, 0.05) is 6.42 Å². The zero-order chi connectivity index (χ0) is 14.7. The fourth-order valence-corrected chi connectivity index (χ4v) is 2.22. The largest absolute Gasteiger partial charge is 0.425 e. The molecule has 0 radical (unpaired) electrons. The van der Waals surface area contributed by atoms with Crippen molar-refractivity contribution in [2.75, 3.05) is 5.43 Å². The van der Waals surface area contributed by atoms with E-state index < -0.39 is 0 Å². The third-order valence-electron chi connectivity index (χ3n) is 3.39. The van der Waals surface area contributed by atoms with Crippen LogP contribution in [0.3, 0.4) is 0 Å². The Bertz CT molecular complexity index is 693. The first-order chi connectivity index (χ1) is 10.2. The molecule has 0 fully saturated rings. The van der Waals surface area contributed by atoms with Crippen LogP contribution >= 0.6 is 0 Å². The second-order valence-corrected chi connectivity index (χ2v) is 4.89. The highest BCUT2D eigenvalue weighted by Crippen LogP contribution is 2.24. The van der Waals surface area contributed by atoms with Gasteiger partial charge in [0.05, 0.1) is 16.9 Å². The maximum Gasteiger partial charge on any atom is 0.343 e. The Morgan fingerprint density at radius 1 is 1.05 bits per heavy atom. The Balaban J connectivity index is 1.76. The van der Waals surface area contributed by atoms with Crippen LogP contribution in [0, 0.1) is 0 Å². The molecule has 2 aromatic rings. The topological polar surface area (TPSA) is 50.4 Å². The molecular weight excluding hydrogens is 264 g/mol. The third kappa shape index (κ3) is 2.89. The van der Waals surface area contributed by atoms with Crippen molar-refractivity contribution in [3.05, 3.63) is 77.2 Å². The number of carbonyl (C=O) groups is 1. The number of hydrogen-bond acceptors (Lipinski definition) is 4. The molecule has 0 bridgehead atoms. The average molecular weight is 280 g/mol. The summed E-state index contributed by atoms with van der Waals surface area (Å²) in [4.78, 5) is 12.0. The molecule has 0 unspecified atom stereocenters. The molecule has 21 heavy (non-hydrogen) atoms. The van der Waals surface area contributed by atoms with Crippen molar-refractivity contribution in [1.29, 1.82) is 0 Å². The number of anilines is 1. The zero-order valence-corrected chi connectivity index (χ0v) is 11.7. The SMILES string of the molecule is C/C(NNc1ccccc1)=C1\Cc2ccccc2C(=O)O1. The zero-order valence-electron chi connectivity index (χ0n) is 11.7. The van der Waals surface area contributed by atoms with E-state index in [1.165, 1.54) is 0 Å². The normalized spacial score (nSPS) is 15.8. The van der Waals surface area contributed by atoms with Crippen molar-refractivity contribution in [3.63, 3.8) is 0 Å². The van der Waals surface area contributed by atoms with E-state index in [9.17, 15) is 4.79 Å². The Morgan fingerprint density at radius 3 is 2.57 bits per heavy atom. The molecule has 0 saturated carbocycles. The molecule has 3 rings (SSSR count). The minimum atomic E-state index is -0.298. The summed E-state index contributed by atoms with van der Waals surface area (Å²) in [5.41, 5.74) is 9.53. The van der Waals surface area contributed by atoms with Crippen LogP contribution in [0.5, 0.6) is 0 Å². The van der Waals surface area contributed by atoms with Crippen LogP contribution in [0.4, 0.5) is 5.69 Å². The Morgan fingerprint density at radius 2 is 1.76 bits per heavy atom. The summed E-state index contributed by atoms with van der Waals surface area (Å²) in [7, 11) is 0. The summed E-state index contributed by atoms with van der Waals surface area (Å²) in [6.45, 7) is 1.88. The summed E-state index contributed by atoms with van der Waals surface area (Å²) in [6, 6.07) is 17.3. The van der Waals surface area contributed by atoms with Gasteiger partial charge in [0.1, 0.15) is 5.76 Å². The highest BCUT2D eigenvalue weighted by molar-refractivity contribution is 5.93. The number of hydrazine groups is 1. The van der Waals surface area contributed by atoms with Gasteiger partial charge in [-0.3, -0.25) is 0 Å². The van der Waals surface area contributed by atoms with Gasteiger partial charge in [-0.05, 0) is 30.7 Å². The number of carbonyl (C=O) groups excluding carboxylic acids is 1. The van der Waals surface area contributed by atoms with E-state index in [4.69, 9.17) is 4.74 Å². The van der Waals surface area contributed by atoms with Crippen molar-refractivity contribution < 1.29 is 9.53 Å². The van der Waals surface area contributed by atoms with E-state index in [0.29, 0.717) is 17.7 Å². The smallest absolute Gasteiger partial charge is 0.343 e. The Kier molecular flexibility index (Phi) is 3.60. The third-order valence-corrected chi connectivity index (χ3v) is 3.39. The number of allylic oxidation sites excluding steroid dienone is 2. The molecule has 0 aromatic heterocycles. The first-order valence-corrected chi connectivity index (χ1v) is 6.81. The van der Waals surface area contributed by atoms with Gasteiger partial charge in [0.15, 0.2) is 0 Å². The van der Waals surface area contributed by atoms with Gasteiger partial charge in [0.2, 0.25) is 0 Å². The molecular formula is C17H16N2O2. The van der Waals surface area contributed by atoms with Crippen LogP contribution in [0.2, 0.25) is 0 Å². The van der Waals surface area contributed by atoms with Gasteiger partial charge in [-0.2, -0.15) is 0 Å². The van der Waals surface area contributed by atoms with Crippen molar-refractivity contribution in [3.8, 4) is 0 Å². The highest BCUT2D eigenvalue weighted by Gasteiger charge is 2.23. The van der Waals surface area contributed by atoms with E-state index in [1.807, 2.05) is 55.5 Å². The molecule has 1 heterocycles. The van der Waals surface area contributed by atoms with Gasteiger partial charge in [-0.25, -0.2) is 4.79 Å². The highest BCUT2D eigenvalue weighted by atomic mass is 16.5. The van der Waals surface area contributed by atoms with Crippen molar-refractivity contribution >= 4 is 11.7 Å². The number of nitrogens with one attached hydrogen (secondary N) is 2. The van der Waals surface area contributed by atoms with E-state index in [0.717, 1.165) is 16.9 Å². The van der Waals surface area contributed by atoms with E-state index in [2.05, 4.69) is 10.9 Å². The van der Waals surface area contributed by atoms with E-state index in [1.54, 1.807) is 6.07 Å². The molecule has 2 aromatic carbocycles. The Hall–Kier alpha value is -2.75. The molecule has 4 nitrogen and oxygen atoms in total. The number of fused-ring (bicyclic) bond motifs is 1. The predicted molar refractivity (Wildman–Crippen MR) is 81.5 cm³/mol. The quantitative estimate of drug-likeness (QED) is 0.669. The van der Waals surface area contributed by atoms with Crippen LogP contribution in [-0.2, 0) is 11.2 Å². The molecule has 1 aliphatic heterocycles. The van der Waals surface area contributed by atoms with Crippen molar-refractivity contribution in [2.45, 2.75) is 13.3 Å². The second kappa shape index (κ2) is 5.71. The first kappa shape index (κ1) is 13.2. The number of cyclic esters (lactones) is 1. The van der Waals surface area contributed by atoms with Crippen LogP contribution in [0.25, 0.3) is 0 Å². The van der Waals surface area contributed by atoms with Crippen LogP contribution < -0.4 is 10.9 Å². The lowest BCUT2D eigenvalue weighted by atomic mass is 10.0. The van der Waals surface area contributed by atoms with E-state index >= 15 is 0 Å². The van der Waals surface area contributed by atoms with Gasteiger partial charge in [-0.1, -0.05) is 36.4 Å². The number of benzene rings is 2. The number of para-hydroxylation sites is 1. The van der Waals surface area contributed by atoms with Crippen LogP contribution in [-0.4, -0.2) is 5.97 Å². The number of rotatable bonds is 3. The summed E-state index contributed by atoms with van der Waals surface area (Å²) in [5.74, 6) is 0.342. The molecule has 106 valence electrons. The molecule has 0 saturated heterocycles. The first-order valence-electron chi connectivity index (χ1n) is 6.81. The molecule has 0 spiro atoms. The molecule has 1 aliphatic rings. The van der Waals surface area contributed by atoms with Gasteiger partial charge >= 0.3 is 5.97 Å². The summed E-state index contributed by atoms with van der Waals surface area (Å²) in [5, 5.41) is 0. The fraction of sp³-hybridized carbons (Fsp3) is 0.118. The lowest BCUT2D eigenvalue weighted by Crippen LogP contribution is -2.25. The minimum absolute atomic E-state index is 0.298. The van der Waals surface area contributed by atoms with Crippen LogP contribution in [0.15, 0.2) is 66.1 Å². The lowest BCUT2D eigenvalue weighted by Gasteiger charge is -2.21. The monoisotopic (exact) mass is 280 g/mol. The summed E-state index contributed by atoms with van der Waals surface area (Å²) < 4.78 is 5.40. The van der Waals surface area contributed by atoms with Crippen molar-refractivity contribution in [2.24, 2.45) is 0 Å².